The van der Waals surface area contributed by atoms with Crippen molar-refractivity contribution in [3.05, 3.63) is 89.2 Å². The maximum atomic E-state index is 12.9. The number of methoxy groups -OCH3 is 1. The summed E-state index contributed by atoms with van der Waals surface area (Å²) in [5.41, 5.74) is 11.7. The first kappa shape index (κ1) is 25.8. The van der Waals surface area contributed by atoms with Gasteiger partial charge in [0.1, 0.15) is 5.69 Å². The second-order valence-electron chi connectivity index (χ2n) is 9.42. The Morgan fingerprint density at radius 3 is 2.41 bits per heavy atom. The number of aromatic nitrogens is 2. The molecule has 0 spiro atoms. The van der Waals surface area contributed by atoms with Gasteiger partial charge in [-0.3, -0.25) is 9.59 Å². The number of hydrogen-bond donors (Lipinski definition) is 2. The summed E-state index contributed by atoms with van der Waals surface area (Å²) in [7, 11) is 5.03. The number of ether oxygens (including phenoxy) is 1. The number of anilines is 1. The third-order valence-corrected chi connectivity index (χ3v) is 6.61. The molecule has 0 radical (unpaired) electrons. The van der Waals surface area contributed by atoms with Gasteiger partial charge in [-0.2, -0.15) is 0 Å². The Morgan fingerprint density at radius 1 is 1.00 bits per heavy atom. The normalized spacial score (nSPS) is 14.8. The molecule has 8 nitrogen and oxygen atoms in total. The zero-order valence-electron chi connectivity index (χ0n) is 21.6. The number of amides is 1. The van der Waals surface area contributed by atoms with Crippen LogP contribution in [0.5, 0.6) is 0 Å². The van der Waals surface area contributed by atoms with Gasteiger partial charge in [0.05, 0.1) is 12.8 Å². The highest BCUT2D eigenvalue weighted by Crippen LogP contribution is 2.25. The quantitative estimate of drug-likeness (QED) is 0.260. The summed E-state index contributed by atoms with van der Waals surface area (Å²) >= 11 is 0. The first-order valence-electron chi connectivity index (χ1n) is 12.2. The number of hydrogen-bond acceptors (Lipinski definition) is 5. The van der Waals surface area contributed by atoms with E-state index in [0.29, 0.717) is 47.6 Å². The van der Waals surface area contributed by atoms with Crippen LogP contribution in [0.1, 0.15) is 46.3 Å². The summed E-state index contributed by atoms with van der Waals surface area (Å²) in [4.78, 5) is 37.6. The van der Waals surface area contributed by atoms with E-state index < -0.39 is 5.97 Å². The van der Waals surface area contributed by atoms with Crippen molar-refractivity contribution in [1.29, 1.82) is 0 Å². The van der Waals surface area contributed by atoms with Crippen LogP contribution in [0.4, 0.5) is 5.69 Å². The first-order valence-corrected chi connectivity index (χ1v) is 12.2. The molecule has 1 aliphatic carbocycles. The third kappa shape index (κ3) is 5.74. The fraction of sp³-hybridized carbons (Fsp3) is 0.276. The molecule has 1 amide bonds. The van der Waals surface area contributed by atoms with Gasteiger partial charge < -0.3 is 24.9 Å². The van der Waals surface area contributed by atoms with Crippen molar-refractivity contribution in [2.45, 2.75) is 26.2 Å². The zero-order valence-corrected chi connectivity index (χ0v) is 21.6. The first-order chi connectivity index (χ1) is 17.7. The van der Waals surface area contributed by atoms with Crippen LogP contribution >= 0.6 is 0 Å². The predicted octanol–water partition coefficient (Wildman–Crippen LogP) is 4.18. The number of carbonyl (C=O) groups is 3. The van der Waals surface area contributed by atoms with Crippen LogP contribution in [-0.2, 0) is 30.0 Å². The maximum Gasteiger partial charge on any atom is 0.334 e. The van der Waals surface area contributed by atoms with Crippen molar-refractivity contribution in [2.75, 3.05) is 12.8 Å². The van der Waals surface area contributed by atoms with Gasteiger partial charge in [0.25, 0.3) is 5.91 Å². The molecule has 3 N–H and O–H groups in total. The Hall–Kier alpha value is -4.33. The minimum Gasteiger partial charge on any atom is -0.466 e. The van der Waals surface area contributed by atoms with E-state index in [2.05, 4.69) is 5.32 Å². The van der Waals surface area contributed by atoms with Gasteiger partial charge in [0.15, 0.2) is 5.78 Å². The van der Waals surface area contributed by atoms with Crippen molar-refractivity contribution in [3.8, 4) is 11.1 Å². The molecular weight excluding hydrogens is 468 g/mol. The van der Waals surface area contributed by atoms with E-state index in [0.717, 1.165) is 16.7 Å². The number of allylic oxidation sites excluding steroid dienone is 2. The molecule has 0 aliphatic heterocycles. The van der Waals surface area contributed by atoms with Crippen molar-refractivity contribution in [3.63, 3.8) is 0 Å². The van der Waals surface area contributed by atoms with Crippen LogP contribution in [0, 0.1) is 5.92 Å². The summed E-state index contributed by atoms with van der Waals surface area (Å²) in [6, 6.07) is 11.3. The molecule has 1 aliphatic rings. The number of rotatable bonds is 9. The number of aryl methyl sites for hydroxylation is 3. The molecule has 37 heavy (non-hydrogen) atoms. The maximum absolute atomic E-state index is 12.9. The van der Waals surface area contributed by atoms with Crippen molar-refractivity contribution >= 4 is 23.3 Å². The Bertz CT molecular complexity index is 1410. The van der Waals surface area contributed by atoms with E-state index in [9.17, 15) is 14.4 Å². The lowest BCUT2D eigenvalue weighted by atomic mass is 10.1. The second kappa shape index (κ2) is 10.7. The Morgan fingerprint density at radius 2 is 1.70 bits per heavy atom. The molecule has 0 fully saturated rings. The molecule has 2 aromatic heterocycles. The third-order valence-electron chi connectivity index (χ3n) is 6.61. The molecule has 0 saturated heterocycles. The van der Waals surface area contributed by atoms with E-state index in [1.165, 1.54) is 7.11 Å². The number of ketones is 1. The average molecular weight is 501 g/mol. The van der Waals surface area contributed by atoms with E-state index >= 15 is 0 Å². The van der Waals surface area contributed by atoms with Gasteiger partial charge in [0, 0.05) is 61.3 Å². The van der Waals surface area contributed by atoms with Gasteiger partial charge in [-0.15, -0.1) is 0 Å². The highest BCUT2D eigenvalue weighted by molar-refractivity contribution is 5.97. The molecule has 1 atom stereocenters. The highest BCUT2D eigenvalue weighted by Gasteiger charge is 2.23. The number of nitrogens with one attached hydrogen (secondary N) is 1. The Labute approximate surface area is 216 Å². The fourth-order valence-electron chi connectivity index (χ4n) is 4.59. The molecule has 2 heterocycles. The molecular formula is C29H32N4O4. The lowest BCUT2D eigenvalue weighted by Crippen LogP contribution is -2.23. The lowest BCUT2D eigenvalue weighted by molar-refractivity contribution is -0.136. The van der Waals surface area contributed by atoms with Gasteiger partial charge in [-0.05, 0) is 54.3 Å². The van der Waals surface area contributed by atoms with Gasteiger partial charge in [0.2, 0.25) is 0 Å². The van der Waals surface area contributed by atoms with Gasteiger partial charge >= 0.3 is 5.97 Å². The summed E-state index contributed by atoms with van der Waals surface area (Å²) in [5.74, 6) is -0.713. The highest BCUT2D eigenvalue weighted by atomic mass is 16.5. The zero-order chi connectivity index (χ0) is 26.7. The summed E-state index contributed by atoms with van der Waals surface area (Å²) in [6.45, 7) is 1.87. The number of carbonyl (C=O) groups excluding carboxylic acids is 3. The fourth-order valence-corrected chi connectivity index (χ4v) is 4.59. The molecule has 0 bridgehead atoms. The van der Waals surface area contributed by atoms with Crippen LogP contribution in [-0.4, -0.2) is 33.9 Å². The molecule has 8 heteroatoms. The van der Waals surface area contributed by atoms with Crippen molar-refractivity contribution < 1.29 is 19.1 Å². The van der Waals surface area contributed by atoms with Crippen LogP contribution in [0.15, 0.2) is 72.2 Å². The molecule has 1 aromatic carbocycles. The number of nitrogens with zero attached hydrogens (tertiary/aromatic N) is 2. The summed E-state index contributed by atoms with van der Waals surface area (Å²) in [5, 5.41) is 2.86. The van der Waals surface area contributed by atoms with E-state index in [1.807, 2.05) is 80.5 Å². The van der Waals surface area contributed by atoms with Crippen molar-refractivity contribution in [2.24, 2.45) is 20.0 Å². The average Bonchev–Trinajstić information content (AvgIpc) is 3.55. The molecule has 3 aromatic rings. The SMILES string of the molecule is COC(=O)C1=CC(NC(=O)c2cc(CCCC(=O)c3cc(-c4ccc(N)cc4)cn3C)cn2C)=CC1C. The van der Waals surface area contributed by atoms with Crippen LogP contribution < -0.4 is 11.1 Å². The van der Waals surface area contributed by atoms with E-state index in [-0.39, 0.29) is 17.6 Å². The number of nitrogen functional groups attached to an aromatic ring is 1. The van der Waals surface area contributed by atoms with E-state index in [4.69, 9.17) is 10.5 Å². The van der Waals surface area contributed by atoms with Crippen LogP contribution in [0.2, 0.25) is 0 Å². The molecule has 192 valence electrons. The summed E-state index contributed by atoms with van der Waals surface area (Å²) in [6.07, 6.45) is 9.07. The standard InChI is InChI=1S/C29H32N4O4/c1-18-12-23(15-24(18)29(36)37-4)31-28(35)26-13-19(16-32(26)2)6-5-7-27(34)25-14-21(17-33(25)3)20-8-10-22(30)11-9-20/h8-18H,5-7,30H2,1-4H3,(H,31,35). The molecule has 0 saturated carbocycles. The smallest absolute Gasteiger partial charge is 0.334 e. The Balaban J connectivity index is 1.34. The number of benzene rings is 1. The lowest BCUT2D eigenvalue weighted by Gasteiger charge is -2.05. The van der Waals surface area contributed by atoms with Crippen molar-refractivity contribution in [1.82, 2.24) is 14.5 Å². The topological polar surface area (TPSA) is 108 Å². The summed E-state index contributed by atoms with van der Waals surface area (Å²) < 4.78 is 8.42. The minimum absolute atomic E-state index is 0.0774. The molecule has 4 rings (SSSR count). The number of Topliss-reactive ketones (excluding diaryl/α,β-unsaturated/α-hetero) is 1. The van der Waals surface area contributed by atoms with Gasteiger partial charge in [-0.25, -0.2) is 4.79 Å². The Kier molecular flexibility index (Phi) is 7.47. The number of nitrogens with two attached hydrogens (primary N) is 1. The molecule has 1 unspecified atom stereocenters. The predicted molar refractivity (Wildman–Crippen MR) is 143 cm³/mol. The monoisotopic (exact) mass is 500 g/mol. The van der Waals surface area contributed by atoms with E-state index in [1.54, 1.807) is 10.6 Å². The van der Waals surface area contributed by atoms with Gasteiger partial charge in [-0.1, -0.05) is 25.1 Å². The minimum atomic E-state index is -0.402. The number of esters is 1. The van der Waals surface area contributed by atoms with Crippen LogP contribution in [0.25, 0.3) is 11.1 Å². The second-order valence-corrected chi connectivity index (χ2v) is 9.42. The largest absolute Gasteiger partial charge is 0.466 e. The van der Waals surface area contributed by atoms with Crippen LogP contribution in [0.3, 0.4) is 0 Å².